The first-order chi connectivity index (χ1) is 37.7. The number of halogens is 1. The number of hydrogen-bond donors (Lipinski definition) is 6. The molecule has 2 saturated carbocycles. The number of aromatic amines is 1. The number of hydrogen-bond acceptors (Lipinski definition) is 13. The van der Waals surface area contributed by atoms with Crippen molar-refractivity contribution in [3.8, 4) is 0 Å². The maximum Gasteiger partial charge on any atom is 0.408 e. The van der Waals surface area contributed by atoms with Crippen LogP contribution >= 0.6 is 11.6 Å². The van der Waals surface area contributed by atoms with Gasteiger partial charge in [0.15, 0.2) is 0 Å². The maximum atomic E-state index is 14.6. The number of amides is 3. The maximum absolute atomic E-state index is 14.6. The summed E-state index contributed by atoms with van der Waals surface area (Å²) in [7, 11) is 0. The first kappa shape index (κ1) is 56.6. The monoisotopic (exact) mass is 1090 g/mol. The number of benzene rings is 1. The highest BCUT2D eigenvalue weighted by atomic mass is 35.5. The molecule has 3 aromatic rings. The van der Waals surface area contributed by atoms with E-state index in [0.717, 1.165) is 139 Å². The highest BCUT2D eigenvalue weighted by Gasteiger charge is 2.45. The number of piperidine rings is 4. The Bertz CT molecular complexity index is 2540. The van der Waals surface area contributed by atoms with Crippen LogP contribution in [0.15, 0.2) is 66.7 Å². The second kappa shape index (κ2) is 25.4. The minimum atomic E-state index is -1.11. The predicted molar refractivity (Wildman–Crippen MR) is 302 cm³/mol. The van der Waals surface area contributed by atoms with Gasteiger partial charge in [-0.3, -0.25) is 20.2 Å². The molecule has 3 amide bonds. The number of likely N-dealkylation sites (tertiary alicyclic amines) is 3. The number of nitrogens with one attached hydrogen (secondary N) is 4. The SMILES string of the molecule is CC(C)(C)OC(=O)NC1(C(O)N[C@@H](CCN2CCC(OC3CCN(C(=O)[C@H](NC(O)C4C=CC=C(C5CCCN(C(=O)C6CC6)C5)C4)C4CCCCC4)CC3)CC2)c2ccc(Cl)cc2)CCN(c2ncnc3[nH]ccc23)CC1. The highest BCUT2D eigenvalue weighted by molar-refractivity contribution is 6.30. The Hall–Kier alpha value is -4.62. The molecule has 6 heterocycles. The number of carbonyl (C=O) groups excluding carboxylic acids is 3. The van der Waals surface area contributed by atoms with Crippen LogP contribution < -0.4 is 20.9 Å². The summed E-state index contributed by atoms with van der Waals surface area (Å²) < 4.78 is 12.6. The molecule has 0 spiro atoms. The molecule has 78 heavy (non-hydrogen) atoms. The van der Waals surface area contributed by atoms with Crippen molar-refractivity contribution in [3.05, 3.63) is 77.2 Å². The number of aliphatic hydroxyl groups excluding tert-OH is 2. The van der Waals surface area contributed by atoms with E-state index >= 15 is 0 Å². The van der Waals surface area contributed by atoms with Crippen molar-refractivity contribution >= 4 is 46.4 Å². The molecule has 0 bridgehead atoms. The summed E-state index contributed by atoms with van der Waals surface area (Å²) in [5, 5.41) is 36.0. The van der Waals surface area contributed by atoms with E-state index in [-0.39, 0.29) is 41.9 Å². The summed E-state index contributed by atoms with van der Waals surface area (Å²) in [6.07, 6.45) is 22.8. The Morgan fingerprint density at radius 3 is 2.26 bits per heavy atom. The normalized spacial score (nSPS) is 24.8. The summed E-state index contributed by atoms with van der Waals surface area (Å²) in [6, 6.07) is 9.06. The van der Waals surface area contributed by atoms with E-state index in [2.05, 4.69) is 63.8 Å². The zero-order valence-electron chi connectivity index (χ0n) is 46.4. The van der Waals surface area contributed by atoms with Gasteiger partial charge in [-0.25, -0.2) is 14.8 Å². The zero-order valence-corrected chi connectivity index (χ0v) is 47.2. The van der Waals surface area contributed by atoms with E-state index in [9.17, 15) is 24.6 Å². The van der Waals surface area contributed by atoms with Gasteiger partial charge in [-0.05, 0) is 153 Å². The zero-order chi connectivity index (χ0) is 54.4. The standard InChI is InChI=1S/C60H87ClN10O7/c1-59(2,3)78-58(76)67-60(26-35-69(36-27-60)53-49-20-28-62-52(49)63-39-64-53)57(75)65-50(40-16-18-46(61)19-17-40)25-32-68-30-21-47(22-31-68)77-48-23-33-70(34-24-48)56(74)51(41-9-5-4-6-10-41)66-54(72)44-12-7-11-43(37-44)45-13-8-29-71(38-45)55(73)42-14-15-42/h7,11-12,16-20,28,39,41-42,44-45,47-48,50-51,54,57,65-66,72,75H,4-6,8-10,13-15,21-27,29-38H2,1-3H3,(H,67,76)(H,62,63,64)/t44?,45?,50-,51+,54?,57?/m0/s1. The van der Waals surface area contributed by atoms with Crippen molar-refractivity contribution in [3.63, 3.8) is 0 Å². The largest absolute Gasteiger partial charge is 0.444 e. The number of alkyl carbamates (subject to hydrolysis) is 1. The van der Waals surface area contributed by atoms with Gasteiger partial charge < -0.3 is 49.6 Å². The van der Waals surface area contributed by atoms with E-state index < -0.39 is 35.7 Å². The molecule has 18 heteroatoms. The van der Waals surface area contributed by atoms with Crippen LogP contribution in [0.5, 0.6) is 0 Å². The fourth-order valence-corrected chi connectivity index (χ4v) is 13.5. The molecular formula is C60H87ClN10O7. The van der Waals surface area contributed by atoms with Gasteiger partial charge in [0.05, 0.1) is 29.2 Å². The van der Waals surface area contributed by atoms with Gasteiger partial charge in [0.25, 0.3) is 0 Å². The third kappa shape index (κ3) is 14.3. The van der Waals surface area contributed by atoms with Gasteiger partial charge in [0.2, 0.25) is 11.8 Å². The fraction of sp³-hybridized carbons (Fsp3) is 0.683. The average molecular weight is 1100 g/mol. The lowest BCUT2D eigenvalue weighted by Crippen LogP contribution is -2.66. The molecule has 6 fully saturated rings. The Morgan fingerprint density at radius 2 is 1.55 bits per heavy atom. The molecule has 6 atom stereocenters. The van der Waals surface area contributed by atoms with E-state index in [1.807, 2.05) is 62.2 Å². The highest BCUT2D eigenvalue weighted by Crippen LogP contribution is 2.38. The molecule has 3 aliphatic carbocycles. The topological polar surface area (TPSA) is 201 Å². The number of carbonyl (C=O) groups is 3. The van der Waals surface area contributed by atoms with Crippen LogP contribution in [0.3, 0.4) is 0 Å². The van der Waals surface area contributed by atoms with Crippen molar-refractivity contribution < 1.29 is 34.1 Å². The Labute approximate surface area is 466 Å². The van der Waals surface area contributed by atoms with Crippen LogP contribution in [0.2, 0.25) is 5.02 Å². The lowest BCUT2D eigenvalue weighted by atomic mass is 9.80. The van der Waals surface area contributed by atoms with Crippen molar-refractivity contribution in [1.82, 2.24) is 45.6 Å². The molecule has 10 rings (SSSR count). The molecule has 4 aliphatic heterocycles. The Morgan fingerprint density at radius 1 is 0.833 bits per heavy atom. The summed E-state index contributed by atoms with van der Waals surface area (Å²) in [5.41, 5.74) is 1.32. The summed E-state index contributed by atoms with van der Waals surface area (Å²) in [4.78, 5) is 61.9. The molecule has 4 unspecified atom stereocenters. The number of H-pyrrole nitrogens is 1. The smallest absolute Gasteiger partial charge is 0.408 e. The molecular weight excluding hydrogens is 1010 g/mol. The van der Waals surface area contributed by atoms with E-state index in [1.165, 1.54) is 12.0 Å². The van der Waals surface area contributed by atoms with E-state index in [0.29, 0.717) is 62.3 Å². The number of ether oxygens (including phenoxy) is 2. The van der Waals surface area contributed by atoms with E-state index in [1.54, 1.807) is 6.33 Å². The second-order valence-electron chi connectivity index (χ2n) is 24.8. The van der Waals surface area contributed by atoms with Gasteiger partial charge in [0.1, 0.15) is 35.8 Å². The Balaban J connectivity index is 0.705. The Kier molecular flexibility index (Phi) is 18.5. The van der Waals surface area contributed by atoms with Gasteiger partial charge in [-0.15, -0.1) is 0 Å². The minimum Gasteiger partial charge on any atom is -0.444 e. The van der Waals surface area contributed by atoms with Crippen LogP contribution in [0.1, 0.15) is 142 Å². The summed E-state index contributed by atoms with van der Waals surface area (Å²) >= 11 is 6.39. The first-order valence-corrected chi connectivity index (χ1v) is 30.1. The molecule has 426 valence electrons. The van der Waals surface area contributed by atoms with Crippen molar-refractivity contribution in [1.29, 1.82) is 0 Å². The van der Waals surface area contributed by atoms with Crippen LogP contribution in [0, 0.1) is 23.7 Å². The number of allylic oxidation sites excluding steroid dienone is 2. The van der Waals surface area contributed by atoms with Gasteiger partial charge in [0, 0.05) is 81.5 Å². The van der Waals surface area contributed by atoms with Crippen molar-refractivity contribution in [2.45, 2.75) is 178 Å². The number of anilines is 1. The van der Waals surface area contributed by atoms with E-state index in [4.69, 9.17) is 21.1 Å². The predicted octanol–water partition coefficient (Wildman–Crippen LogP) is 7.99. The van der Waals surface area contributed by atoms with Crippen LogP contribution in [0.4, 0.5) is 10.6 Å². The fourth-order valence-electron chi connectivity index (χ4n) is 13.4. The quantitative estimate of drug-likeness (QED) is 0.0671. The van der Waals surface area contributed by atoms with Crippen LogP contribution in [-0.2, 0) is 19.1 Å². The third-order valence-electron chi connectivity index (χ3n) is 18.1. The number of fused-ring (bicyclic) bond motifs is 1. The van der Waals surface area contributed by atoms with Gasteiger partial charge >= 0.3 is 6.09 Å². The van der Waals surface area contributed by atoms with Crippen molar-refractivity contribution in [2.24, 2.45) is 23.7 Å². The third-order valence-corrected chi connectivity index (χ3v) is 18.3. The number of nitrogens with zero attached hydrogens (tertiary/aromatic N) is 6. The lowest BCUT2D eigenvalue weighted by molar-refractivity contribution is -0.140. The molecule has 4 saturated heterocycles. The second-order valence-corrected chi connectivity index (χ2v) is 25.2. The number of aromatic nitrogens is 3. The van der Waals surface area contributed by atoms with Crippen LogP contribution in [-0.4, -0.2) is 159 Å². The molecule has 6 N–H and O–H groups in total. The molecule has 2 aromatic heterocycles. The molecule has 7 aliphatic rings. The van der Waals surface area contributed by atoms with Gasteiger partial charge in [-0.2, -0.15) is 0 Å². The molecule has 1 aromatic carbocycles. The average Bonchev–Trinajstić information content (AvgIpc) is 4.21. The number of rotatable bonds is 18. The molecule has 0 radical (unpaired) electrons. The van der Waals surface area contributed by atoms with Crippen molar-refractivity contribution in [2.75, 3.05) is 63.8 Å². The first-order valence-electron chi connectivity index (χ1n) is 29.7. The summed E-state index contributed by atoms with van der Waals surface area (Å²) in [5.74, 6) is 1.86. The van der Waals surface area contributed by atoms with Gasteiger partial charge in [-0.1, -0.05) is 66.8 Å². The lowest BCUT2D eigenvalue weighted by Gasteiger charge is -2.46. The molecule has 17 nitrogen and oxygen atoms in total. The number of aliphatic hydroxyl groups is 2. The summed E-state index contributed by atoms with van der Waals surface area (Å²) in [6.45, 7) is 12.1. The van der Waals surface area contributed by atoms with Crippen LogP contribution in [0.25, 0.3) is 11.0 Å². The minimum absolute atomic E-state index is 0.0919.